The zero-order chi connectivity index (χ0) is 16.7. The van der Waals surface area contributed by atoms with Crippen LogP contribution in [0, 0.1) is 5.92 Å². The van der Waals surface area contributed by atoms with Gasteiger partial charge in [0.05, 0.1) is 11.6 Å². The molecule has 4 heteroatoms. The van der Waals surface area contributed by atoms with Gasteiger partial charge in [0.15, 0.2) is 0 Å². The van der Waals surface area contributed by atoms with Crippen LogP contribution in [0.4, 0.5) is 0 Å². The monoisotopic (exact) mass is 318 g/mol. The summed E-state index contributed by atoms with van der Waals surface area (Å²) in [4.78, 5) is 27.4. The van der Waals surface area contributed by atoms with Crippen LogP contribution in [-0.4, -0.2) is 10.9 Å². The normalized spacial score (nSPS) is 19.2. The zero-order valence-corrected chi connectivity index (χ0v) is 13.4. The number of H-pyrrole nitrogens is 1. The Morgan fingerprint density at radius 1 is 1.08 bits per heavy atom. The molecule has 24 heavy (non-hydrogen) atoms. The quantitative estimate of drug-likeness (QED) is 0.762. The van der Waals surface area contributed by atoms with Crippen LogP contribution < -0.4 is 10.9 Å². The van der Waals surface area contributed by atoms with Crippen molar-refractivity contribution in [3.8, 4) is 0 Å². The highest BCUT2D eigenvalue weighted by atomic mass is 16.2. The first kappa shape index (κ1) is 14.7. The highest BCUT2D eigenvalue weighted by molar-refractivity contribution is 6.06. The number of carbonyl (C=O) groups excluding carboxylic acids is 1. The third-order valence-electron chi connectivity index (χ3n) is 4.84. The molecule has 2 atom stereocenters. The molecule has 1 heterocycles. The van der Waals surface area contributed by atoms with Crippen molar-refractivity contribution in [2.75, 3.05) is 0 Å². The number of fused-ring (bicyclic) bond motifs is 2. The van der Waals surface area contributed by atoms with Crippen molar-refractivity contribution in [3.63, 3.8) is 0 Å². The molecule has 0 saturated carbocycles. The second kappa shape index (κ2) is 5.64. The summed E-state index contributed by atoms with van der Waals surface area (Å²) in [6, 6.07) is 15.4. The lowest BCUT2D eigenvalue weighted by atomic mass is 10.0. The molecule has 0 aliphatic heterocycles. The summed E-state index contributed by atoms with van der Waals surface area (Å²) in [7, 11) is 0. The van der Waals surface area contributed by atoms with Crippen LogP contribution >= 0.6 is 0 Å². The molecule has 4 nitrogen and oxygen atoms in total. The maximum atomic E-state index is 12.8. The highest BCUT2D eigenvalue weighted by Crippen LogP contribution is 2.35. The predicted molar refractivity (Wildman–Crippen MR) is 94.1 cm³/mol. The summed E-state index contributed by atoms with van der Waals surface area (Å²) >= 11 is 0. The predicted octanol–water partition coefficient (Wildman–Crippen LogP) is 3.19. The summed E-state index contributed by atoms with van der Waals surface area (Å²) in [5.41, 5.74) is 2.80. The van der Waals surface area contributed by atoms with Crippen molar-refractivity contribution in [3.05, 3.63) is 81.8 Å². The van der Waals surface area contributed by atoms with Crippen molar-refractivity contribution in [1.82, 2.24) is 10.3 Å². The molecule has 2 aromatic carbocycles. The van der Waals surface area contributed by atoms with E-state index in [4.69, 9.17) is 0 Å². The van der Waals surface area contributed by atoms with Crippen LogP contribution in [0.1, 0.15) is 34.5 Å². The minimum absolute atomic E-state index is 0.000565. The minimum Gasteiger partial charge on any atom is -0.345 e. The van der Waals surface area contributed by atoms with Crippen molar-refractivity contribution in [1.29, 1.82) is 0 Å². The van der Waals surface area contributed by atoms with E-state index in [9.17, 15) is 9.59 Å². The van der Waals surface area contributed by atoms with Gasteiger partial charge in [-0.3, -0.25) is 9.59 Å². The topological polar surface area (TPSA) is 62.0 Å². The van der Waals surface area contributed by atoms with Gasteiger partial charge in [0.1, 0.15) is 0 Å². The molecule has 3 aromatic rings. The van der Waals surface area contributed by atoms with Crippen molar-refractivity contribution >= 4 is 16.7 Å². The largest absolute Gasteiger partial charge is 0.345 e. The molecule has 4 rings (SSSR count). The van der Waals surface area contributed by atoms with E-state index in [1.54, 1.807) is 12.1 Å². The number of aromatic nitrogens is 1. The molecule has 1 aromatic heterocycles. The van der Waals surface area contributed by atoms with Crippen LogP contribution in [0.15, 0.2) is 59.5 Å². The third-order valence-corrected chi connectivity index (χ3v) is 4.84. The Kier molecular flexibility index (Phi) is 3.45. The summed E-state index contributed by atoms with van der Waals surface area (Å²) in [6.07, 6.45) is 2.47. The van der Waals surface area contributed by atoms with Gasteiger partial charge >= 0.3 is 0 Å². The van der Waals surface area contributed by atoms with Crippen molar-refractivity contribution < 1.29 is 4.79 Å². The molecule has 120 valence electrons. The lowest BCUT2D eigenvalue weighted by molar-refractivity contribution is 0.0928. The van der Waals surface area contributed by atoms with Crippen molar-refractivity contribution in [2.45, 2.75) is 19.4 Å². The summed E-state index contributed by atoms with van der Waals surface area (Å²) < 4.78 is 0. The van der Waals surface area contributed by atoms with E-state index in [1.807, 2.05) is 24.3 Å². The first-order valence-electron chi connectivity index (χ1n) is 8.14. The molecular weight excluding hydrogens is 300 g/mol. The Hall–Kier alpha value is -2.88. The molecule has 2 N–H and O–H groups in total. The number of pyridine rings is 1. The van der Waals surface area contributed by atoms with Crippen molar-refractivity contribution in [2.24, 2.45) is 5.92 Å². The first-order valence-corrected chi connectivity index (χ1v) is 8.14. The van der Waals surface area contributed by atoms with E-state index in [1.165, 1.54) is 17.3 Å². The van der Waals surface area contributed by atoms with Gasteiger partial charge in [-0.1, -0.05) is 49.4 Å². The Morgan fingerprint density at radius 2 is 1.79 bits per heavy atom. The van der Waals surface area contributed by atoms with Crippen LogP contribution in [0.2, 0.25) is 0 Å². The SMILES string of the molecule is CC1Cc2ccccc2C1NC(=O)c1c[nH]c(=O)c2ccccc12. The third kappa shape index (κ3) is 2.31. The summed E-state index contributed by atoms with van der Waals surface area (Å²) in [5.74, 6) is 0.191. The standard InChI is InChI=1S/C20H18N2O2/c1-12-10-13-6-2-3-7-14(13)18(12)22-20(24)17-11-21-19(23)16-9-5-4-8-15(16)17/h2-9,11-12,18H,10H2,1H3,(H,21,23)(H,22,24). The Labute approximate surface area is 139 Å². The Morgan fingerprint density at radius 3 is 2.62 bits per heavy atom. The summed E-state index contributed by atoms with van der Waals surface area (Å²) in [6.45, 7) is 2.15. The molecule has 0 saturated heterocycles. The second-order valence-electron chi connectivity index (χ2n) is 6.41. The van der Waals surface area contributed by atoms with Gasteiger partial charge in [0.25, 0.3) is 11.5 Å². The van der Waals surface area contributed by atoms with Gasteiger partial charge in [0.2, 0.25) is 0 Å². The fraction of sp³-hybridized carbons (Fsp3) is 0.200. The molecule has 0 fully saturated rings. The number of nitrogens with one attached hydrogen (secondary N) is 2. The van der Waals surface area contributed by atoms with Crippen LogP contribution in [-0.2, 0) is 6.42 Å². The minimum atomic E-state index is -0.179. The molecule has 1 aliphatic rings. The maximum Gasteiger partial charge on any atom is 0.255 e. The van der Waals surface area contributed by atoms with Gasteiger partial charge in [0, 0.05) is 17.0 Å². The van der Waals surface area contributed by atoms with E-state index in [2.05, 4.69) is 29.4 Å². The lowest BCUT2D eigenvalue weighted by Gasteiger charge is -2.19. The molecule has 0 bridgehead atoms. The van der Waals surface area contributed by atoms with E-state index >= 15 is 0 Å². The second-order valence-corrected chi connectivity index (χ2v) is 6.41. The fourth-order valence-electron chi connectivity index (χ4n) is 3.63. The number of rotatable bonds is 2. The van der Waals surface area contributed by atoms with Crippen LogP contribution in [0.25, 0.3) is 10.8 Å². The van der Waals surface area contributed by atoms with Crippen LogP contribution in [0.5, 0.6) is 0 Å². The van der Waals surface area contributed by atoms with Gasteiger partial charge in [-0.15, -0.1) is 0 Å². The zero-order valence-electron chi connectivity index (χ0n) is 13.4. The van der Waals surface area contributed by atoms with Gasteiger partial charge in [-0.25, -0.2) is 0 Å². The highest BCUT2D eigenvalue weighted by Gasteiger charge is 2.30. The number of hydrogen-bond donors (Lipinski definition) is 2. The number of amides is 1. The molecular formula is C20H18N2O2. The number of carbonyl (C=O) groups is 1. The molecule has 0 radical (unpaired) electrons. The Balaban J connectivity index is 1.71. The van der Waals surface area contributed by atoms with Gasteiger partial charge in [-0.05, 0) is 29.5 Å². The molecule has 0 spiro atoms. The number of aromatic amines is 1. The van der Waals surface area contributed by atoms with E-state index in [0.717, 1.165) is 6.42 Å². The fourth-order valence-corrected chi connectivity index (χ4v) is 3.63. The Bertz CT molecular complexity index is 990. The number of benzene rings is 2. The first-order chi connectivity index (χ1) is 11.6. The molecule has 1 aliphatic carbocycles. The van der Waals surface area contributed by atoms with Crippen LogP contribution in [0.3, 0.4) is 0 Å². The number of hydrogen-bond acceptors (Lipinski definition) is 2. The van der Waals surface area contributed by atoms with E-state index < -0.39 is 0 Å². The molecule has 1 amide bonds. The average molecular weight is 318 g/mol. The van der Waals surface area contributed by atoms with Gasteiger partial charge < -0.3 is 10.3 Å². The maximum absolute atomic E-state index is 12.8. The van der Waals surface area contributed by atoms with Gasteiger partial charge in [-0.2, -0.15) is 0 Å². The molecule has 2 unspecified atom stereocenters. The average Bonchev–Trinajstić information content (AvgIpc) is 2.91. The van der Waals surface area contributed by atoms with E-state index in [-0.39, 0.29) is 17.5 Å². The summed E-state index contributed by atoms with van der Waals surface area (Å²) in [5, 5.41) is 4.36. The lowest BCUT2D eigenvalue weighted by Crippen LogP contribution is -2.31. The smallest absolute Gasteiger partial charge is 0.255 e. The van der Waals surface area contributed by atoms with E-state index in [0.29, 0.717) is 22.3 Å².